The molecule has 3 atom stereocenters. The molecule has 2 N–H and O–H groups in total. The summed E-state index contributed by atoms with van der Waals surface area (Å²) in [6, 6.07) is 3.60. The highest BCUT2D eigenvalue weighted by molar-refractivity contribution is 5.91. The van der Waals surface area contributed by atoms with Gasteiger partial charge >= 0.3 is 6.09 Å². The van der Waals surface area contributed by atoms with E-state index in [1.807, 2.05) is 13.0 Å². The van der Waals surface area contributed by atoms with Gasteiger partial charge in [-0.1, -0.05) is 5.16 Å². The number of morpholine rings is 1. The Morgan fingerprint density at radius 2 is 2.23 bits per heavy atom. The molecule has 162 valence electrons. The van der Waals surface area contributed by atoms with Gasteiger partial charge in [0.1, 0.15) is 11.9 Å². The van der Waals surface area contributed by atoms with E-state index < -0.39 is 0 Å². The number of aromatic nitrogens is 3. The molecule has 2 aromatic rings. The number of amides is 2. The summed E-state index contributed by atoms with van der Waals surface area (Å²) in [6.45, 7) is 5.42. The molecule has 0 aromatic carbocycles. The highest BCUT2D eigenvalue weighted by atomic mass is 16.6. The predicted octanol–water partition coefficient (Wildman–Crippen LogP) is 2.38. The van der Waals surface area contributed by atoms with Crippen LogP contribution in [-0.2, 0) is 20.7 Å². The Labute approximate surface area is 174 Å². The lowest BCUT2D eigenvalue weighted by molar-refractivity contribution is -0.115. The van der Waals surface area contributed by atoms with Gasteiger partial charge in [0.25, 0.3) is 0 Å². The van der Waals surface area contributed by atoms with Crippen LogP contribution < -0.4 is 5.32 Å². The quantitative estimate of drug-likeness (QED) is 0.766. The lowest BCUT2D eigenvalue weighted by atomic mass is 10.0. The van der Waals surface area contributed by atoms with Gasteiger partial charge in [-0.05, 0) is 33.1 Å². The summed E-state index contributed by atoms with van der Waals surface area (Å²) >= 11 is 0. The van der Waals surface area contributed by atoms with Gasteiger partial charge in [0.05, 0.1) is 31.4 Å². The second-order valence-electron chi connectivity index (χ2n) is 8.00. The van der Waals surface area contributed by atoms with E-state index in [1.165, 1.54) is 0 Å². The summed E-state index contributed by atoms with van der Waals surface area (Å²) in [4.78, 5) is 26.3. The molecule has 1 aliphatic carbocycles. The van der Waals surface area contributed by atoms with Crippen molar-refractivity contribution in [2.45, 2.75) is 57.6 Å². The number of nitrogens with one attached hydrogen (secondary N) is 2. The topological polar surface area (TPSA) is 123 Å². The monoisotopic (exact) mass is 417 g/mol. The van der Waals surface area contributed by atoms with Gasteiger partial charge in [-0.2, -0.15) is 5.10 Å². The van der Waals surface area contributed by atoms with Gasteiger partial charge < -0.3 is 24.2 Å². The van der Waals surface area contributed by atoms with E-state index >= 15 is 0 Å². The molecule has 30 heavy (non-hydrogen) atoms. The minimum atomic E-state index is -0.267. The molecule has 2 aromatic heterocycles. The van der Waals surface area contributed by atoms with Crippen LogP contribution in [0.4, 0.5) is 10.6 Å². The standard InChI is InChI=1S/C20H27N5O5/c1-12-7-16(30-24-12)9-19(26)21-18-10-17(22-23-18)14-3-4-15(8-14)29-20(27)25-5-6-28-11-13(25)2/h7,10,13-15H,3-6,8-9,11H2,1-2H3,(H2,21,22,23,26)/t13-,14-,15+/m0/s1. The lowest BCUT2D eigenvalue weighted by Crippen LogP contribution is -2.48. The molecular weight excluding hydrogens is 390 g/mol. The second-order valence-corrected chi connectivity index (χ2v) is 8.00. The molecular formula is C20H27N5O5. The van der Waals surface area contributed by atoms with E-state index in [4.69, 9.17) is 14.0 Å². The smallest absolute Gasteiger partial charge is 0.410 e. The van der Waals surface area contributed by atoms with Crippen LogP contribution in [0.2, 0.25) is 0 Å². The Morgan fingerprint density at radius 1 is 1.37 bits per heavy atom. The summed E-state index contributed by atoms with van der Waals surface area (Å²) in [6.07, 6.45) is 2.15. The summed E-state index contributed by atoms with van der Waals surface area (Å²) in [5.74, 6) is 0.965. The van der Waals surface area contributed by atoms with Gasteiger partial charge in [0.2, 0.25) is 5.91 Å². The number of hydrogen-bond acceptors (Lipinski definition) is 7. The lowest BCUT2D eigenvalue weighted by Gasteiger charge is -2.33. The number of anilines is 1. The van der Waals surface area contributed by atoms with Crippen LogP contribution in [0.5, 0.6) is 0 Å². The van der Waals surface area contributed by atoms with Gasteiger partial charge in [0.15, 0.2) is 5.82 Å². The molecule has 1 aliphatic heterocycles. The van der Waals surface area contributed by atoms with E-state index in [1.54, 1.807) is 17.9 Å². The molecule has 2 fully saturated rings. The first-order valence-electron chi connectivity index (χ1n) is 10.3. The van der Waals surface area contributed by atoms with Crippen molar-refractivity contribution in [3.8, 4) is 0 Å². The number of aromatic amines is 1. The Balaban J connectivity index is 1.27. The van der Waals surface area contributed by atoms with E-state index in [0.29, 0.717) is 31.3 Å². The van der Waals surface area contributed by atoms with Gasteiger partial charge in [-0.3, -0.25) is 9.89 Å². The van der Waals surface area contributed by atoms with Crippen molar-refractivity contribution in [3.63, 3.8) is 0 Å². The Morgan fingerprint density at radius 3 is 3.00 bits per heavy atom. The van der Waals surface area contributed by atoms with Crippen molar-refractivity contribution >= 4 is 17.8 Å². The number of hydrogen-bond donors (Lipinski definition) is 2. The van der Waals surface area contributed by atoms with Crippen LogP contribution in [0.1, 0.15) is 49.3 Å². The van der Waals surface area contributed by atoms with Crippen LogP contribution in [0.15, 0.2) is 16.7 Å². The Kier molecular flexibility index (Phi) is 6.03. The van der Waals surface area contributed by atoms with E-state index in [2.05, 4.69) is 20.7 Å². The number of rotatable bonds is 5. The minimum Gasteiger partial charge on any atom is -0.446 e. The molecule has 10 heteroatoms. The normalized spacial score (nSPS) is 24.1. The predicted molar refractivity (Wildman–Crippen MR) is 106 cm³/mol. The molecule has 4 rings (SSSR count). The molecule has 1 saturated heterocycles. The first kappa shape index (κ1) is 20.4. The van der Waals surface area contributed by atoms with Crippen molar-refractivity contribution < 1.29 is 23.6 Å². The maximum absolute atomic E-state index is 12.5. The summed E-state index contributed by atoms with van der Waals surface area (Å²) in [5.41, 5.74) is 1.67. The molecule has 10 nitrogen and oxygen atoms in total. The summed E-state index contributed by atoms with van der Waals surface area (Å²) in [7, 11) is 0. The van der Waals surface area contributed by atoms with Gasteiger partial charge in [-0.25, -0.2) is 4.79 Å². The third-order valence-electron chi connectivity index (χ3n) is 5.57. The van der Waals surface area contributed by atoms with Crippen LogP contribution in [0.3, 0.4) is 0 Å². The summed E-state index contributed by atoms with van der Waals surface area (Å²) < 4.78 is 16.2. The number of ether oxygens (including phenoxy) is 2. The number of carbonyl (C=O) groups excluding carboxylic acids is 2. The average molecular weight is 417 g/mol. The Bertz CT molecular complexity index is 894. The molecule has 1 saturated carbocycles. The van der Waals surface area contributed by atoms with Crippen molar-refractivity contribution in [2.24, 2.45) is 0 Å². The van der Waals surface area contributed by atoms with Crippen LogP contribution in [0.25, 0.3) is 0 Å². The van der Waals surface area contributed by atoms with E-state index in [-0.39, 0.29) is 36.5 Å². The summed E-state index contributed by atoms with van der Waals surface area (Å²) in [5, 5.41) is 13.7. The first-order chi connectivity index (χ1) is 14.5. The van der Waals surface area contributed by atoms with Crippen molar-refractivity contribution in [3.05, 3.63) is 29.3 Å². The SMILES string of the molecule is Cc1cc(CC(=O)Nc2cc([C@H]3CC[C@@H](OC(=O)N4CCOC[C@@H]4C)C3)[nH]n2)on1. The van der Waals surface area contributed by atoms with E-state index in [0.717, 1.165) is 30.7 Å². The molecule has 0 radical (unpaired) electrons. The van der Waals surface area contributed by atoms with Crippen molar-refractivity contribution in [1.29, 1.82) is 0 Å². The zero-order valence-corrected chi connectivity index (χ0v) is 17.2. The highest BCUT2D eigenvalue weighted by Gasteiger charge is 2.33. The largest absolute Gasteiger partial charge is 0.446 e. The zero-order chi connectivity index (χ0) is 21.1. The highest BCUT2D eigenvalue weighted by Crippen LogP contribution is 2.36. The fraction of sp³-hybridized carbons (Fsp3) is 0.600. The number of carbonyl (C=O) groups is 2. The molecule has 0 spiro atoms. The van der Waals surface area contributed by atoms with Gasteiger partial charge in [-0.15, -0.1) is 0 Å². The first-order valence-corrected chi connectivity index (χ1v) is 10.3. The molecule has 0 unspecified atom stereocenters. The fourth-order valence-corrected chi connectivity index (χ4v) is 3.99. The van der Waals surface area contributed by atoms with Crippen LogP contribution in [0, 0.1) is 6.92 Å². The Hall–Kier alpha value is -2.88. The van der Waals surface area contributed by atoms with E-state index in [9.17, 15) is 9.59 Å². The maximum atomic E-state index is 12.5. The zero-order valence-electron chi connectivity index (χ0n) is 17.2. The minimum absolute atomic E-state index is 0.0306. The third-order valence-corrected chi connectivity index (χ3v) is 5.57. The van der Waals surface area contributed by atoms with Crippen LogP contribution >= 0.6 is 0 Å². The van der Waals surface area contributed by atoms with Crippen molar-refractivity contribution in [1.82, 2.24) is 20.3 Å². The molecule has 3 heterocycles. The third kappa shape index (κ3) is 4.81. The number of nitrogens with zero attached hydrogens (tertiary/aromatic N) is 3. The van der Waals surface area contributed by atoms with Crippen LogP contribution in [-0.4, -0.2) is 64.2 Å². The molecule has 0 bridgehead atoms. The maximum Gasteiger partial charge on any atom is 0.410 e. The number of H-pyrrole nitrogens is 1. The van der Waals surface area contributed by atoms with Gasteiger partial charge in [0, 0.05) is 30.3 Å². The number of aryl methyl sites for hydroxylation is 1. The fourth-order valence-electron chi connectivity index (χ4n) is 3.99. The average Bonchev–Trinajstić information content (AvgIpc) is 3.44. The van der Waals surface area contributed by atoms with Crippen molar-refractivity contribution in [2.75, 3.05) is 25.1 Å². The molecule has 2 amide bonds. The second kappa shape index (κ2) is 8.86. The molecule has 2 aliphatic rings.